The fourth-order valence-corrected chi connectivity index (χ4v) is 2.84. The molecule has 1 heterocycles. The summed E-state index contributed by atoms with van der Waals surface area (Å²) in [5.41, 5.74) is 1.30. The molecule has 3 aromatic rings. The molecule has 1 amide bonds. The number of nitro groups is 1. The van der Waals surface area contributed by atoms with Crippen molar-refractivity contribution in [2.75, 3.05) is 13.7 Å². The molecule has 0 N–H and O–H groups in total. The van der Waals surface area contributed by atoms with Crippen LogP contribution in [0.2, 0.25) is 0 Å². The zero-order chi connectivity index (χ0) is 21.7. The second kappa shape index (κ2) is 8.99. The Kier molecular flexibility index (Phi) is 6.21. The van der Waals surface area contributed by atoms with Gasteiger partial charge in [0.05, 0.1) is 12.0 Å². The number of ether oxygens (including phenoxy) is 1. The molecule has 0 aliphatic rings. The van der Waals surface area contributed by atoms with Crippen molar-refractivity contribution in [3.8, 4) is 17.1 Å². The molecule has 0 atom stereocenters. The Morgan fingerprint density at radius 2 is 2.03 bits per heavy atom. The lowest BCUT2D eigenvalue weighted by molar-refractivity contribution is -0.385. The maximum atomic E-state index is 12.9. The van der Waals surface area contributed by atoms with Gasteiger partial charge >= 0.3 is 0 Å². The van der Waals surface area contributed by atoms with Crippen LogP contribution in [0.5, 0.6) is 5.75 Å². The molecule has 30 heavy (non-hydrogen) atoms. The molecule has 3 rings (SSSR count). The van der Waals surface area contributed by atoms with E-state index in [1.54, 1.807) is 56.5 Å². The van der Waals surface area contributed by atoms with Gasteiger partial charge in [-0.1, -0.05) is 17.3 Å². The van der Waals surface area contributed by atoms with Crippen molar-refractivity contribution >= 4 is 11.6 Å². The third kappa shape index (κ3) is 4.52. The summed E-state index contributed by atoms with van der Waals surface area (Å²) in [6, 6.07) is 11.5. The van der Waals surface area contributed by atoms with E-state index in [1.807, 2.05) is 0 Å². The number of hydrogen-bond acceptors (Lipinski definition) is 7. The number of methoxy groups -OCH3 is 1. The fraction of sp³-hybridized carbons (Fsp3) is 0.190. The highest BCUT2D eigenvalue weighted by molar-refractivity contribution is 5.95. The predicted octanol–water partition coefficient (Wildman–Crippen LogP) is 3.79. The van der Waals surface area contributed by atoms with E-state index in [9.17, 15) is 14.9 Å². The summed E-state index contributed by atoms with van der Waals surface area (Å²) < 4.78 is 10.4. The van der Waals surface area contributed by atoms with Gasteiger partial charge in [-0.3, -0.25) is 14.9 Å². The van der Waals surface area contributed by atoms with E-state index in [0.717, 1.165) is 5.56 Å². The highest BCUT2D eigenvalue weighted by atomic mass is 16.6. The van der Waals surface area contributed by atoms with Crippen LogP contribution < -0.4 is 4.74 Å². The van der Waals surface area contributed by atoms with E-state index in [-0.39, 0.29) is 30.2 Å². The molecule has 0 saturated carbocycles. The van der Waals surface area contributed by atoms with Crippen LogP contribution in [0.3, 0.4) is 0 Å². The van der Waals surface area contributed by atoms with Crippen molar-refractivity contribution in [2.45, 2.75) is 13.5 Å². The summed E-state index contributed by atoms with van der Waals surface area (Å²) in [6.45, 7) is 5.53. The summed E-state index contributed by atoms with van der Waals surface area (Å²) in [5.74, 6) is 0.918. The number of rotatable bonds is 8. The number of aromatic nitrogens is 2. The van der Waals surface area contributed by atoms with Crippen molar-refractivity contribution in [3.05, 3.63) is 82.3 Å². The highest BCUT2D eigenvalue weighted by Crippen LogP contribution is 2.22. The molecule has 0 unspecified atom stereocenters. The lowest BCUT2D eigenvalue weighted by Gasteiger charge is -2.19. The van der Waals surface area contributed by atoms with Gasteiger partial charge in [-0.05, 0) is 37.3 Å². The number of benzene rings is 2. The van der Waals surface area contributed by atoms with Crippen LogP contribution in [0.25, 0.3) is 11.4 Å². The van der Waals surface area contributed by atoms with E-state index in [0.29, 0.717) is 17.1 Å². The molecule has 0 spiro atoms. The summed E-state index contributed by atoms with van der Waals surface area (Å²) in [5, 5.41) is 15.1. The second-order valence-electron chi connectivity index (χ2n) is 6.47. The van der Waals surface area contributed by atoms with Crippen LogP contribution in [0, 0.1) is 17.0 Å². The van der Waals surface area contributed by atoms with Gasteiger partial charge in [0.15, 0.2) is 0 Å². The lowest BCUT2D eigenvalue weighted by Crippen LogP contribution is -2.31. The first-order chi connectivity index (χ1) is 14.4. The second-order valence-corrected chi connectivity index (χ2v) is 6.47. The quantitative estimate of drug-likeness (QED) is 0.317. The van der Waals surface area contributed by atoms with Crippen LogP contribution in [0.1, 0.15) is 21.8 Å². The van der Waals surface area contributed by atoms with E-state index < -0.39 is 10.8 Å². The smallest absolute Gasteiger partial charge is 0.273 e. The molecule has 0 bridgehead atoms. The van der Waals surface area contributed by atoms with Gasteiger partial charge < -0.3 is 14.2 Å². The number of nitro benzene ring substituents is 1. The normalized spacial score (nSPS) is 10.5. The maximum absolute atomic E-state index is 12.9. The highest BCUT2D eigenvalue weighted by Gasteiger charge is 2.21. The van der Waals surface area contributed by atoms with Crippen molar-refractivity contribution in [3.63, 3.8) is 0 Å². The Balaban J connectivity index is 1.81. The Hall–Kier alpha value is -4.01. The molecule has 9 nitrogen and oxygen atoms in total. The van der Waals surface area contributed by atoms with E-state index in [1.165, 1.54) is 11.0 Å². The van der Waals surface area contributed by atoms with Crippen molar-refractivity contribution < 1.29 is 19.0 Å². The number of aryl methyl sites for hydroxylation is 1. The van der Waals surface area contributed by atoms with Crippen LogP contribution in [-0.2, 0) is 6.54 Å². The van der Waals surface area contributed by atoms with Gasteiger partial charge in [0, 0.05) is 29.3 Å². The largest absolute Gasteiger partial charge is 0.497 e. The standard InChI is InChI=1S/C21H20N4O5/c1-4-11-24(21(26)16-6-5-14(2)18(12-16)25(27)28)13-19-22-20(23-30-19)15-7-9-17(29-3)10-8-15/h4-10,12H,1,11,13H2,2-3H3. The van der Waals surface area contributed by atoms with E-state index in [4.69, 9.17) is 9.26 Å². The van der Waals surface area contributed by atoms with Crippen LogP contribution in [0.4, 0.5) is 5.69 Å². The summed E-state index contributed by atoms with van der Waals surface area (Å²) in [7, 11) is 1.58. The SMILES string of the molecule is C=CCN(Cc1nc(-c2ccc(OC)cc2)no1)C(=O)c1ccc(C)c([N+](=O)[O-])c1. The van der Waals surface area contributed by atoms with E-state index >= 15 is 0 Å². The summed E-state index contributed by atoms with van der Waals surface area (Å²) in [6.07, 6.45) is 1.56. The Morgan fingerprint density at radius 1 is 1.30 bits per heavy atom. The first-order valence-electron chi connectivity index (χ1n) is 9.05. The molecule has 9 heteroatoms. The first kappa shape index (κ1) is 20.7. The average Bonchev–Trinajstić information content (AvgIpc) is 3.21. The molecular formula is C21H20N4O5. The molecule has 2 aromatic carbocycles. The predicted molar refractivity (Wildman–Crippen MR) is 109 cm³/mol. The van der Waals surface area contributed by atoms with Gasteiger partial charge in [0.25, 0.3) is 11.6 Å². The Labute approximate surface area is 172 Å². The third-order valence-electron chi connectivity index (χ3n) is 4.43. The Bertz CT molecular complexity index is 1080. The molecule has 0 aliphatic heterocycles. The molecule has 0 aliphatic carbocycles. The van der Waals surface area contributed by atoms with Crippen molar-refractivity contribution in [1.29, 1.82) is 0 Å². The summed E-state index contributed by atoms with van der Waals surface area (Å²) >= 11 is 0. The summed E-state index contributed by atoms with van der Waals surface area (Å²) in [4.78, 5) is 29.4. The minimum atomic E-state index is -0.511. The van der Waals surface area contributed by atoms with Gasteiger partial charge in [-0.15, -0.1) is 6.58 Å². The van der Waals surface area contributed by atoms with Crippen LogP contribution >= 0.6 is 0 Å². The minimum absolute atomic E-state index is 0.0374. The minimum Gasteiger partial charge on any atom is -0.497 e. The van der Waals surface area contributed by atoms with Crippen LogP contribution in [0.15, 0.2) is 59.6 Å². The van der Waals surface area contributed by atoms with Gasteiger partial charge in [0.2, 0.25) is 11.7 Å². The zero-order valence-electron chi connectivity index (χ0n) is 16.6. The molecular weight excluding hydrogens is 388 g/mol. The maximum Gasteiger partial charge on any atom is 0.273 e. The van der Waals surface area contributed by atoms with Gasteiger partial charge in [-0.25, -0.2) is 0 Å². The number of hydrogen-bond donors (Lipinski definition) is 0. The monoisotopic (exact) mass is 408 g/mol. The molecule has 1 aromatic heterocycles. The number of amides is 1. The van der Waals surface area contributed by atoms with Gasteiger partial charge in [0.1, 0.15) is 12.3 Å². The lowest BCUT2D eigenvalue weighted by atomic mass is 10.1. The van der Waals surface area contributed by atoms with Crippen molar-refractivity contribution in [2.24, 2.45) is 0 Å². The molecule has 0 radical (unpaired) electrons. The Morgan fingerprint density at radius 3 is 2.67 bits per heavy atom. The molecule has 0 fully saturated rings. The number of carbonyl (C=O) groups is 1. The number of nitrogens with zero attached hydrogens (tertiary/aromatic N) is 4. The van der Waals surface area contributed by atoms with Gasteiger partial charge in [-0.2, -0.15) is 4.98 Å². The molecule has 154 valence electrons. The molecule has 0 saturated heterocycles. The fourth-order valence-electron chi connectivity index (χ4n) is 2.84. The number of carbonyl (C=O) groups excluding carboxylic acids is 1. The first-order valence-corrected chi connectivity index (χ1v) is 9.05. The van der Waals surface area contributed by atoms with Crippen LogP contribution in [-0.4, -0.2) is 39.5 Å². The zero-order valence-corrected chi connectivity index (χ0v) is 16.6. The van der Waals surface area contributed by atoms with E-state index in [2.05, 4.69) is 16.7 Å². The third-order valence-corrected chi connectivity index (χ3v) is 4.43. The average molecular weight is 408 g/mol. The van der Waals surface area contributed by atoms with Crippen molar-refractivity contribution in [1.82, 2.24) is 15.0 Å². The topological polar surface area (TPSA) is 112 Å².